The van der Waals surface area contributed by atoms with Crippen molar-refractivity contribution in [3.8, 4) is 11.1 Å². The molecule has 0 saturated heterocycles. The van der Waals surface area contributed by atoms with Crippen LogP contribution in [0.5, 0.6) is 0 Å². The molecule has 0 fully saturated rings. The summed E-state index contributed by atoms with van der Waals surface area (Å²) in [5, 5.41) is 10.3. The van der Waals surface area contributed by atoms with E-state index in [1.807, 2.05) is 36.4 Å². The Hall–Kier alpha value is -2.24. The fourth-order valence-corrected chi connectivity index (χ4v) is 3.72. The molecule has 6 heteroatoms. The molecule has 0 aliphatic carbocycles. The van der Waals surface area contributed by atoms with Crippen molar-refractivity contribution in [3.05, 3.63) is 63.9 Å². The molecule has 0 radical (unpaired) electrons. The van der Waals surface area contributed by atoms with Gasteiger partial charge >= 0.3 is 5.97 Å². The Bertz CT molecular complexity index is 954. The number of hydrogen-bond acceptors (Lipinski definition) is 3. The Balaban J connectivity index is 2.23. The van der Waals surface area contributed by atoms with Crippen LogP contribution in [0.4, 0.5) is 0 Å². The molecule has 0 amide bonds. The number of hydrogen-bond donors (Lipinski definition) is 2. The van der Waals surface area contributed by atoms with Gasteiger partial charge in [0.2, 0.25) is 0 Å². The summed E-state index contributed by atoms with van der Waals surface area (Å²) in [6.07, 6.45) is -0.00802. The second-order valence-corrected chi connectivity index (χ2v) is 6.75. The molecule has 0 saturated carbocycles. The van der Waals surface area contributed by atoms with Crippen LogP contribution in [0.3, 0.4) is 0 Å². The van der Waals surface area contributed by atoms with Crippen LogP contribution in [0.1, 0.15) is 6.42 Å². The number of pyridine rings is 1. The van der Waals surface area contributed by atoms with Crippen molar-refractivity contribution in [3.63, 3.8) is 0 Å². The van der Waals surface area contributed by atoms with E-state index >= 15 is 0 Å². The maximum atomic E-state index is 12.5. The maximum Gasteiger partial charge on any atom is 0.304 e. The molecule has 4 nitrogen and oxygen atoms in total. The molecule has 3 rings (SSSR count). The van der Waals surface area contributed by atoms with Gasteiger partial charge in [0, 0.05) is 27.2 Å². The lowest BCUT2D eigenvalue weighted by Crippen LogP contribution is -2.11. The highest BCUT2D eigenvalue weighted by atomic mass is 35.5. The highest BCUT2D eigenvalue weighted by Crippen LogP contribution is 2.35. The quantitative estimate of drug-likeness (QED) is 0.662. The molecular formula is C18H14ClNO3S. The predicted octanol–water partition coefficient (Wildman–Crippen LogP) is 4.42. The number of carboxylic acids is 1. The van der Waals surface area contributed by atoms with Crippen LogP contribution in [0.25, 0.3) is 22.0 Å². The summed E-state index contributed by atoms with van der Waals surface area (Å²) in [4.78, 5) is 26.7. The van der Waals surface area contributed by atoms with Crippen LogP contribution in [0.2, 0.25) is 5.02 Å². The van der Waals surface area contributed by atoms with E-state index in [1.165, 1.54) is 11.8 Å². The lowest BCUT2D eigenvalue weighted by atomic mass is 10.0. The second-order valence-electron chi connectivity index (χ2n) is 5.21. The van der Waals surface area contributed by atoms with E-state index < -0.39 is 5.97 Å². The molecule has 0 unspecified atom stereocenters. The number of nitrogens with one attached hydrogen (secondary N) is 1. The highest BCUT2D eigenvalue weighted by molar-refractivity contribution is 7.99. The normalized spacial score (nSPS) is 10.9. The number of benzene rings is 2. The molecule has 0 aliphatic rings. The summed E-state index contributed by atoms with van der Waals surface area (Å²) in [5.74, 6) is -0.561. The van der Waals surface area contributed by atoms with Gasteiger partial charge in [-0.3, -0.25) is 9.59 Å². The van der Waals surface area contributed by atoms with Crippen molar-refractivity contribution in [1.29, 1.82) is 0 Å². The third-order valence-electron chi connectivity index (χ3n) is 3.56. The fraction of sp³-hybridized carbons (Fsp3) is 0.111. The summed E-state index contributed by atoms with van der Waals surface area (Å²) >= 11 is 7.39. The highest BCUT2D eigenvalue weighted by Gasteiger charge is 2.15. The molecule has 1 heterocycles. The van der Waals surface area contributed by atoms with E-state index in [1.54, 1.807) is 12.1 Å². The number of H-pyrrole nitrogens is 1. The molecule has 3 aromatic rings. The predicted molar refractivity (Wildman–Crippen MR) is 98.0 cm³/mol. The minimum Gasteiger partial charge on any atom is -0.481 e. The Morgan fingerprint density at radius 3 is 2.62 bits per heavy atom. The van der Waals surface area contributed by atoms with Crippen molar-refractivity contribution in [2.45, 2.75) is 11.3 Å². The molecular weight excluding hydrogens is 346 g/mol. The topological polar surface area (TPSA) is 70.2 Å². The number of aromatic amines is 1. The average molecular weight is 360 g/mol. The van der Waals surface area contributed by atoms with Crippen LogP contribution < -0.4 is 5.56 Å². The minimum absolute atomic E-state index is 0.00802. The Morgan fingerprint density at radius 1 is 1.17 bits per heavy atom. The third-order valence-corrected chi connectivity index (χ3v) is 4.88. The van der Waals surface area contributed by atoms with Crippen molar-refractivity contribution < 1.29 is 9.90 Å². The molecule has 0 aliphatic heterocycles. The van der Waals surface area contributed by atoms with Gasteiger partial charge in [-0.1, -0.05) is 41.9 Å². The smallest absolute Gasteiger partial charge is 0.304 e. The number of carboxylic acid groups (broad SMARTS) is 1. The molecule has 24 heavy (non-hydrogen) atoms. The van der Waals surface area contributed by atoms with Gasteiger partial charge in [-0.05, 0) is 23.8 Å². The van der Waals surface area contributed by atoms with Gasteiger partial charge in [0.1, 0.15) is 0 Å². The summed E-state index contributed by atoms with van der Waals surface area (Å²) < 4.78 is 0. The molecule has 1 aromatic heterocycles. The van der Waals surface area contributed by atoms with Crippen molar-refractivity contribution in [2.24, 2.45) is 0 Å². The SMILES string of the molecule is O=C(O)CCSc1c(-c2ccccc2)c2cc(Cl)ccc2[nH]c1=O. The van der Waals surface area contributed by atoms with Crippen molar-refractivity contribution in [2.75, 3.05) is 5.75 Å². The Labute approximate surface area is 147 Å². The number of carbonyl (C=O) groups is 1. The maximum absolute atomic E-state index is 12.5. The third kappa shape index (κ3) is 3.47. The summed E-state index contributed by atoms with van der Waals surface area (Å²) in [6, 6.07) is 14.9. The first-order chi connectivity index (χ1) is 11.6. The number of aliphatic carboxylic acids is 1. The number of thioether (sulfide) groups is 1. The summed E-state index contributed by atoms with van der Waals surface area (Å²) in [7, 11) is 0. The standard InChI is InChI=1S/C18H14ClNO3S/c19-12-6-7-14-13(10-12)16(11-4-2-1-3-5-11)17(18(23)20-14)24-9-8-15(21)22/h1-7,10H,8-9H2,(H,20,23)(H,21,22). The number of rotatable bonds is 5. The zero-order chi connectivity index (χ0) is 17.1. The first kappa shape index (κ1) is 16.6. The van der Waals surface area contributed by atoms with Gasteiger partial charge in [0.15, 0.2) is 0 Å². The molecule has 2 aromatic carbocycles. The zero-order valence-electron chi connectivity index (χ0n) is 12.6. The first-order valence-electron chi connectivity index (χ1n) is 7.32. The Kier molecular flexibility index (Phi) is 4.92. The van der Waals surface area contributed by atoms with E-state index in [0.717, 1.165) is 16.5 Å². The van der Waals surface area contributed by atoms with Crippen LogP contribution >= 0.6 is 23.4 Å². The monoisotopic (exact) mass is 359 g/mol. The Morgan fingerprint density at radius 2 is 1.92 bits per heavy atom. The van der Waals surface area contributed by atoms with E-state index in [2.05, 4.69) is 4.98 Å². The molecule has 0 bridgehead atoms. The van der Waals surface area contributed by atoms with Gasteiger partial charge < -0.3 is 10.1 Å². The lowest BCUT2D eigenvalue weighted by Gasteiger charge is -2.12. The minimum atomic E-state index is -0.885. The van der Waals surface area contributed by atoms with E-state index in [4.69, 9.17) is 16.7 Å². The van der Waals surface area contributed by atoms with Gasteiger partial charge in [0.25, 0.3) is 5.56 Å². The van der Waals surface area contributed by atoms with Gasteiger partial charge in [0.05, 0.1) is 11.3 Å². The van der Waals surface area contributed by atoms with Gasteiger partial charge in [-0.15, -0.1) is 11.8 Å². The van der Waals surface area contributed by atoms with Crippen molar-refractivity contribution >= 4 is 40.2 Å². The molecule has 122 valence electrons. The van der Waals surface area contributed by atoms with E-state index in [0.29, 0.717) is 21.2 Å². The van der Waals surface area contributed by atoms with Crippen LogP contribution in [0, 0.1) is 0 Å². The number of fused-ring (bicyclic) bond motifs is 1. The van der Waals surface area contributed by atoms with E-state index in [9.17, 15) is 9.59 Å². The second kappa shape index (κ2) is 7.11. The first-order valence-corrected chi connectivity index (χ1v) is 8.68. The fourth-order valence-electron chi connectivity index (χ4n) is 2.52. The number of halogens is 1. The van der Waals surface area contributed by atoms with Crippen LogP contribution in [0.15, 0.2) is 58.2 Å². The van der Waals surface area contributed by atoms with E-state index in [-0.39, 0.29) is 12.0 Å². The zero-order valence-corrected chi connectivity index (χ0v) is 14.2. The van der Waals surface area contributed by atoms with Gasteiger partial charge in [-0.25, -0.2) is 0 Å². The largest absolute Gasteiger partial charge is 0.481 e. The summed E-state index contributed by atoms with van der Waals surface area (Å²) in [5.41, 5.74) is 2.16. The van der Waals surface area contributed by atoms with Crippen LogP contribution in [-0.4, -0.2) is 21.8 Å². The van der Waals surface area contributed by atoms with Crippen LogP contribution in [-0.2, 0) is 4.79 Å². The summed E-state index contributed by atoms with van der Waals surface area (Å²) in [6.45, 7) is 0. The molecule has 0 atom stereocenters. The van der Waals surface area contributed by atoms with Gasteiger partial charge in [-0.2, -0.15) is 0 Å². The average Bonchev–Trinajstić information content (AvgIpc) is 2.56. The number of aromatic nitrogens is 1. The van der Waals surface area contributed by atoms with Crippen molar-refractivity contribution in [1.82, 2.24) is 4.98 Å². The lowest BCUT2D eigenvalue weighted by molar-refractivity contribution is -0.136. The molecule has 0 spiro atoms. The molecule has 2 N–H and O–H groups in total.